The Labute approximate surface area is 84.8 Å². The van der Waals surface area contributed by atoms with E-state index < -0.39 is 12.8 Å². The van der Waals surface area contributed by atoms with Crippen molar-refractivity contribution >= 4 is 5.69 Å². The van der Waals surface area contributed by atoms with Gasteiger partial charge in [-0.2, -0.15) is 18.3 Å². The van der Waals surface area contributed by atoms with Gasteiger partial charge < -0.3 is 10.5 Å². The Balaban J connectivity index is 2.84. The topological polar surface area (TPSA) is 53.1 Å². The molecule has 0 saturated heterocycles. The fourth-order valence-corrected chi connectivity index (χ4v) is 1.09. The molecule has 0 bridgehead atoms. The van der Waals surface area contributed by atoms with Crippen molar-refractivity contribution in [2.45, 2.75) is 26.6 Å². The summed E-state index contributed by atoms with van der Waals surface area (Å²) in [7, 11) is 0. The van der Waals surface area contributed by atoms with E-state index >= 15 is 0 Å². The third-order valence-electron chi connectivity index (χ3n) is 1.80. The van der Waals surface area contributed by atoms with Crippen LogP contribution in [-0.2, 0) is 6.54 Å². The molecule has 0 radical (unpaired) electrons. The van der Waals surface area contributed by atoms with Gasteiger partial charge in [-0.3, -0.25) is 0 Å². The maximum Gasteiger partial charge on any atom is 0.422 e. The van der Waals surface area contributed by atoms with E-state index in [0.29, 0.717) is 12.2 Å². The van der Waals surface area contributed by atoms with Crippen LogP contribution in [0.1, 0.15) is 12.6 Å². The molecule has 86 valence electrons. The van der Waals surface area contributed by atoms with Crippen molar-refractivity contribution in [1.29, 1.82) is 0 Å². The molecule has 7 heteroatoms. The minimum absolute atomic E-state index is 0.0210. The van der Waals surface area contributed by atoms with E-state index in [1.165, 1.54) is 4.68 Å². The third-order valence-corrected chi connectivity index (χ3v) is 1.80. The standard InChI is InChI=1S/C8H12F3N3O/c1-3-14-7(6(12)5(2)13-14)15-4-8(9,10)11/h3-4,12H2,1-2H3. The zero-order valence-corrected chi connectivity index (χ0v) is 8.43. The van der Waals surface area contributed by atoms with Crippen LogP contribution in [0.5, 0.6) is 5.88 Å². The highest BCUT2D eigenvalue weighted by molar-refractivity contribution is 5.52. The molecule has 1 heterocycles. The highest BCUT2D eigenvalue weighted by Crippen LogP contribution is 2.26. The van der Waals surface area contributed by atoms with Crippen molar-refractivity contribution in [1.82, 2.24) is 9.78 Å². The van der Waals surface area contributed by atoms with Crippen molar-refractivity contribution in [2.75, 3.05) is 12.3 Å². The first kappa shape index (κ1) is 11.7. The van der Waals surface area contributed by atoms with Gasteiger partial charge in [0.05, 0.1) is 5.69 Å². The largest absolute Gasteiger partial charge is 0.467 e. The predicted octanol–water partition coefficient (Wildman–Crippen LogP) is 1.73. The number of nitrogens with zero attached hydrogens (tertiary/aromatic N) is 2. The minimum atomic E-state index is -4.37. The lowest BCUT2D eigenvalue weighted by atomic mass is 10.4. The van der Waals surface area contributed by atoms with E-state index in [-0.39, 0.29) is 11.6 Å². The van der Waals surface area contributed by atoms with Gasteiger partial charge in [-0.05, 0) is 13.8 Å². The van der Waals surface area contributed by atoms with Crippen molar-refractivity contribution in [2.24, 2.45) is 0 Å². The van der Waals surface area contributed by atoms with Crippen molar-refractivity contribution < 1.29 is 17.9 Å². The Hall–Kier alpha value is -1.40. The predicted molar refractivity (Wildman–Crippen MR) is 48.6 cm³/mol. The molecular formula is C8H12F3N3O. The van der Waals surface area contributed by atoms with E-state index in [4.69, 9.17) is 5.73 Å². The monoisotopic (exact) mass is 223 g/mol. The second-order valence-electron chi connectivity index (χ2n) is 3.02. The van der Waals surface area contributed by atoms with Crippen LogP contribution < -0.4 is 10.5 Å². The lowest BCUT2D eigenvalue weighted by molar-refractivity contribution is -0.154. The molecule has 0 aliphatic heterocycles. The molecule has 0 unspecified atom stereocenters. The molecule has 4 nitrogen and oxygen atoms in total. The molecule has 15 heavy (non-hydrogen) atoms. The zero-order chi connectivity index (χ0) is 11.6. The van der Waals surface area contributed by atoms with Crippen LogP contribution in [0.25, 0.3) is 0 Å². The number of nitrogen functional groups attached to an aromatic ring is 1. The number of hydrogen-bond donors (Lipinski definition) is 1. The number of nitrogens with two attached hydrogens (primary N) is 1. The van der Waals surface area contributed by atoms with Gasteiger partial charge in [0.1, 0.15) is 5.69 Å². The van der Waals surface area contributed by atoms with Gasteiger partial charge >= 0.3 is 6.18 Å². The van der Waals surface area contributed by atoms with Crippen molar-refractivity contribution in [3.63, 3.8) is 0 Å². The van der Waals surface area contributed by atoms with Gasteiger partial charge in [0.2, 0.25) is 5.88 Å². The second-order valence-corrected chi connectivity index (χ2v) is 3.02. The number of aryl methyl sites for hydroxylation is 2. The Morgan fingerprint density at radius 1 is 1.47 bits per heavy atom. The van der Waals surface area contributed by atoms with Crippen LogP contribution in [-0.4, -0.2) is 22.6 Å². The fourth-order valence-electron chi connectivity index (χ4n) is 1.09. The molecule has 1 rings (SSSR count). The molecule has 0 aromatic carbocycles. The van der Waals surface area contributed by atoms with E-state index in [0.717, 1.165) is 0 Å². The highest BCUT2D eigenvalue weighted by Gasteiger charge is 2.29. The zero-order valence-electron chi connectivity index (χ0n) is 8.43. The van der Waals surface area contributed by atoms with E-state index in [2.05, 4.69) is 9.84 Å². The van der Waals surface area contributed by atoms with Crippen LogP contribution in [0, 0.1) is 6.92 Å². The number of alkyl halides is 3. The average Bonchev–Trinajstić information content (AvgIpc) is 2.39. The molecule has 0 amide bonds. The Morgan fingerprint density at radius 3 is 2.53 bits per heavy atom. The third kappa shape index (κ3) is 2.77. The number of halogens is 3. The second kappa shape index (κ2) is 4.00. The summed E-state index contributed by atoms with van der Waals surface area (Å²) in [5.74, 6) is -0.0210. The summed E-state index contributed by atoms with van der Waals surface area (Å²) in [6, 6.07) is 0. The molecule has 0 aliphatic carbocycles. The Morgan fingerprint density at radius 2 is 2.07 bits per heavy atom. The average molecular weight is 223 g/mol. The molecule has 2 N–H and O–H groups in total. The van der Waals surface area contributed by atoms with Crippen LogP contribution in [0.4, 0.5) is 18.9 Å². The summed E-state index contributed by atoms with van der Waals surface area (Å²) in [4.78, 5) is 0. The summed E-state index contributed by atoms with van der Waals surface area (Å²) in [5, 5.41) is 3.93. The first-order valence-electron chi connectivity index (χ1n) is 4.37. The first-order chi connectivity index (χ1) is 6.85. The summed E-state index contributed by atoms with van der Waals surface area (Å²) in [6.07, 6.45) is -4.37. The van der Waals surface area contributed by atoms with Gasteiger partial charge in [0, 0.05) is 6.54 Å². The van der Waals surface area contributed by atoms with Gasteiger partial charge in [0.15, 0.2) is 6.61 Å². The number of ether oxygens (including phenoxy) is 1. The molecule has 0 saturated carbocycles. The number of aromatic nitrogens is 2. The van der Waals surface area contributed by atoms with E-state index in [1.807, 2.05) is 0 Å². The molecule has 1 aromatic heterocycles. The lowest BCUT2D eigenvalue weighted by Gasteiger charge is -2.10. The van der Waals surface area contributed by atoms with Gasteiger partial charge in [-0.15, -0.1) is 0 Å². The molecule has 1 aromatic rings. The number of rotatable bonds is 3. The lowest BCUT2D eigenvalue weighted by Crippen LogP contribution is -2.21. The quantitative estimate of drug-likeness (QED) is 0.849. The molecule has 0 atom stereocenters. The van der Waals surface area contributed by atoms with Gasteiger partial charge in [-0.1, -0.05) is 0 Å². The van der Waals surface area contributed by atoms with Crippen LogP contribution in [0.3, 0.4) is 0 Å². The van der Waals surface area contributed by atoms with Crippen LogP contribution >= 0.6 is 0 Å². The van der Waals surface area contributed by atoms with Crippen LogP contribution in [0.15, 0.2) is 0 Å². The summed E-state index contributed by atoms with van der Waals surface area (Å²) < 4.78 is 41.7. The molecule has 0 fully saturated rings. The minimum Gasteiger partial charge on any atom is -0.467 e. The van der Waals surface area contributed by atoms with Crippen molar-refractivity contribution in [3.8, 4) is 5.88 Å². The SMILES string of the molecule is CCn1nc(C)c(N)c1OCC(F)(F)F. The Bertz CT molecular complexity index is 346. The van der Waals surface area contributed by atoms with Gasteiger partial charge in [-0.25, -0.2) is 4.68 Å². The molecule has 0 spiro atoms. The smallest absolute Gasteiger partial charge is 0.422 e. The van der Waals surface area contributed by atoms with Crippen molar-refractivity contribution in [3.05, 3.63) is 5.69 Å². The molecular weight excluding hydrogens is 211 g/mol. The summed E-state index contributed by atoms with van der Waals surface area (Å²) >= 11 is 0. The number of hydrogen-bond acceptors (Lipinski definition) is 3. The first-order valence-corrected chi connectivity index (χ1v) is 4.37. The van der Waals surface area contributed by atoms with Gasteiger partial charge in [0.25, 0.3) is 0 Å². The Kier molecular flexibility index (Phi) is 3.11. The van der Waals surface area contributed by atoms with Crippen LogP contribution in [0.2, 0.25) is 0 Å². The highest BCUT2D eigenvalue weighted by atomic mass is 19.4. The molecule has 0 aliphatic rings. The van der Waals surface area contributed by atoms with E-state index in [1.54, 1.807) is 13.8 Å². The fraction of sp³-hybridized carbons (Fsp3) is 0.625. The van der Waals surface area contributed by atoms with E-state index in [9.17, 15) is 13.2 Å². The maximum absolute atomic E-state index is 11.9. The summed E-state index contributed by atoms with van der Waals surface area (Å²) in [6.45, 7) is 2.40. The maximum atomic E-state index is 11.9. The normalized spacial score (nSPS) is 11.8. The summed E-state index contributed by atoms with van der Waals surface area (Å²) in [5.41, 5.74) is 6.15. The number of anilines is 1.